The third kappa shape index (κ3) is 2.26. The van der Waals surface area contributed by atoms with E-state index in [9.17, 15) is 4.79 Å². The minimum Gasteiger partial charge on any atom is -0.382 e. The Balaban J connectivity index is 1.69. The number of rotatable bonds is 3. The molecule has 3 N–H and O–H groups in total. The van der Waals surface area contributed by atoms with E-state index in [1.165, 1.54) is 0 Å². The maximum Gasteiger partial charge on any atom is 0.323 e. The number of ether oxygens (including phenoxy) is 1. The first-order valence-electron chi connectivity index (χ1n) is 6.32. The molecule has 0 saturated carbocycles. The number of hydrogen-bond acceptors (Lipinski definition) is 3. The van der Waals surface area contributed by atoms with E-state index in [0.717, 1.165) is 36.1 Å². The van der Waals surface area contributed by atoms with Crippen LogP contribution in [0.3, 0.4) is 0 Å². The lowest BCUT2D eigenvalue weighted by Crippen LogP contribution is -2.19. The number of aromatic nitrogens is 2. The molecule has 2 aromatic rings. The fourth-order valence-corrected chi connectivity index (χ4v) is 2.41. The van der Waals surface area contributed by atoms with Crippen LogP contribution >= 0.6 is 0 Å². The van der Waals surface area contributed by atoms with Crippen LogP contribution in [0.15, 0.2) is 23.0 Å². The molecule has 1 aromatic carbocycles. The smallest absolute Gasteiger partial charge is 0.323 e. The van der Waals surface area contributed by atoms with Crippen LogP contribution in [0.2, 0.25) is 0 Å². The van der Waals surface area contributed by atoms with Crippen molar-refractivity contribution in [3.05, 3.63) is 28.7 Å². The first-order chi connectivity index (χ1) is 8.70. The number of nitrogens with one attached hydrogen (secondary N) is 3. The summed E-state index contributed by atoms with van der Waals surface area (Å²) in [5, 5.41) is 3.35. The molecule has 0 aliphatic carbocycles. The lowest BCUT2D eigenvalue weighted by Gasteiger charge is -2.13. The Morgan fingerprint density at radius 1 is 1.33 bits per heavy atom. The molecule has 1 aromatic heterocycles. The van der Waals surface area contributed by atoms with Gasteiger partial charge in [0.15, 0.2) is 0 Å². The Bertz CT molecular complexity index is 602. The first-order valence-corrected chi connectivity index (χ1v) is 6.32. The van der Waals surface area contributed by atoms with Crippen LogP contribution in [0.25, 0.3) is 11.0 Å². The standard InChI is InChI=1S/C13H17N3O2/c1-8-2-4-10(18-8)7-14-9-3-5-11-12(6-9)16-13(17)15-11/h3,5-6,8,10,14H,2,4,7H2,1H3,(H2,15,16,17). The van der Waals surface area contributed by atoms with Gasteiger partial charge < -0.3 is 20.0 Å². The van der Waals surface area contributed by atoms with Crippen LogP contribution in [-0.2, 0) is 4.74 Å². The average Bonchev–Trinajstić information content (AvgIpc) is 2.90. The van der Waals surface area contributed by atoms with Gasteiger partial charge in [-0.05, 0) is 38.0 Å². The van der Waals surface area contributed by atoms with Gasteiger partial charge in [-0.1, -0.05) is 0 Å². The highest BCUT2D eigenvalue weighted by Crippen LogP contribution is 2.20. The average molecular weight is 247 g/mol. The molecule has 3 rings (SSSR count). The quantitative estimate of drug-likeness (QED) is 0.775. The zero-order valence-corrected chi connectivity index (χ0v) is 10.3. The van der Waals surface area contributed by atoms with E-state index < -0.39 is 0 Å². The van der Waals surface area contributed by atoms with Gasteiger partial charge in [0.05, 0.1) is 23.2 Å². The minimum atomic E-state index is -0.171. The van der Waals surface area contributed by atoms with E-state index >= 15 is 0 Å². The molecule has 1 aliphatic rings. The van der Waals surface area contributed by atoms with Crippen LogP contribution in [0.1, 0.15) is 19.8 Å². The molecule has 1 aliphatic heterocycles. The third-order valence-corrected chi connectivity index (χ3v) is 3.37. The molecule has 5 nitrogen and oxygen atoms in total. The second-order valence-electron chi connectivity index (χ2n) is 4.87. The zero-order chi connectivity index (χ0) is 12.5. The molecule has 0 radical (unpaired) electrons. The van der Waals surface area contributed by atoms with Crippen molar-refractivity contribution in [2.24, 2.45) is 0 Å². The van der Waals surface area contributed by atoms with E-state index in [2.05, 4.69) is 22.2 Å². The van der Waals surface area contributed by atoms with E-state index in [0.29, 0.717) is 12.2 Å². The van der Waals surface area contributed by atoms with Crippen molar-refractivity contribution in [1.82, 2.24) is 9.97 Å². The molecule has 0 amide bonds. The highest BCUT2D eigenvalue weighted by molar-refractivity contribution is 5.78. The van der Waals surface area contributed by atoms with Crippen LogP contribution in [0.4, 0.5) is 5.69 Å². The summed E-state index contributed by atoms with van der Waals surface area (Å²) in [7, 11) is 0. The van der Waals surface area contributed by atoms with E-state index in [4.69, 9.17) is 4.74 Å². The Morgan fingerprint density at radius 3 is 2.94 bits per heavy atom. The second kappa shape index (κ2) is 4.49. The summed E-state index contributed by atoms with van der Waals surface area (Å²) in [5.41, 5.74) is 2.48. The number of imidazole rings is 1. The van der Waals surface area contributed by atoms with Gasteiger partial charge in [0, 0.05) is 12.2 Å². The van der Waals surface area contributed by atoms with Crippen LogP contribution < -0.4 is 11.0 Å². The monoisotopic (exact) mass is 247 g/mol. The lowest BCUT2D eigenvalue weighted by atomic mass is 10.2. The largest absolute Gasteiger partial charge is 0.382 e. The Kier molecular flexibility index (Phi) is 2.83. The molecule has 0 spiro atoms. The predicted octanol–water partition coefficient (Wildman–Crippen LogP) is 1.84. The highest BCUT2D eigenvalue weighted by Gasteiger charge is 2.21. The number of benzene rings is 1. The van der Waals surface area contributed by atoms with Crippen molar-refractivity contribution in [2.75, 3.05) is 11.9 Å². The van der Waals surface area contributed by atoms with Gasteiger partial charge in [0.2, 0.25) is 0 Å². The van der Waals surface area contributed by atoms with Crippen LogP contribution in [-0.4, -0.2) is 28.7 Å². The minimum absolute atomic E-state index is 0.171. The van der Waals surface area contributed by atoms with Crippen molar-refractivity contribution in [3.8, 4) is 0 Å². The maximum atomic E-state index is 11.2. The number of aromatic amines is 2. The number of hydrogen-bond donors (Lipinski definition) is 3. The molecule has 1 saturated heterocycles. The summed E-state index contributed by atoms with van der Waals surface area (Å²) in [6, 6.07) is 5.80. The molecule has 2 unspecified atom stereocenters. The molecule has 5 heteroatoms. The summed E-state index contributed by atoms with van der Waals surface area (Å²) in [6.07, 6.45) is 2.91. The number of H-pyrrole nitrogens is 2. The highest BCUT2D eigenvalue weighted by atomic mass is 16.5. The lowest BCUT2D eigenvalue weighted by molar-refractivity contribution is 0.0637. The molecule has 1 fully saturated rings. The van der Waals surface area contributed by atoms with Crippen molar-refractivity contribution in [3.63, 3.8) is 0 Å². The SMILES string of the molecule is CC1CCC(CNc2ccc3[nH]c(=O)[nH]c3c2)O1. The molecular weight excluding hydrogens is 230 g/mol. The van der Waals surface area contributed by atoms with E-state index in [1.807, 2.05) is 18.2 Å². The summed E-state index contributed by atoms with van der Waals surface area (Å²) in [5.74, 6) is 0. The summed E-state index contributed by atoms with van der Waals surface area (Å²) >= 11 is 0. The first kappa shape index (κ1) is 11.3. The Hall–Kier alpha value is -1.75. The topological polar surface area (TPSA) is 69.9 Å². The van der Waals surface area contributed by atoms with E-state index in [1.54, 1.807) is 0 Å². The van der Waals surface area contributed by atoms with E-state index in [-0.39, 0.29) is 5.69 Å². The van der Waals surface area contributed by atoms with Crippen LogP contribution in [0, 0.1) is 0 Å². The van der Waals surface area contributed by atoms with Gasteiger partial charge in [-0.3, -0.25) is 0 Å². The fraction of sp³-hybridized carbons (Fsp3) is 0.462. The van der Waals surface area contributed by atoms with Crippen molar-refractivity contribution in [2.45, 2.75) is 32.0 Å². The molecule has 2 heterocycles. The molecule has 0 bridgehead atoms. The second-order valence-corrected chi connectivity index (χ2v) is 4.87. The van der Waals surface area contributed by atoms with Gasteiger partial charge >= 0.3 is 5.69 Å². The Morgan fingerprint density at radius 2 is 2.17 bits per heavy atom. The molecular formula is C13H17N3O2. The molecule has 18 heavy (non-hydrogen) atoms. The maximum absolute atomic E-state index is 11.2. The Labute approximate surface area is 105 Å². The summed E-state index contributed by atoms with van der Waals surface area (Å²) < 4.78 is 5.75. The fourth-order valence-electron chi connectivity index (χ4n) is 2.41. The van der Waals surface area contributed by atoms with Gasteiger partial charge in [-0.25, -0.2) is 4.79 Å². The van der Waals surface area contributed by atoms with Crippen molar-refractivity contribution < 1.29 is 4.74 Å². The predicted molar refractivity (Wildman–Crippen MR) is 71.0 cm³/mol. The number of anilines is 1. The van der Waals surface area contributed by atoms with Gasteiger partial charge in [0.25, 0.3) is 0 Å². The summed E-state index contributed by atoms with van der Waals surface area (Å²) in [6.45, 7) is 2.92. The number of fused-ring (bicyclic) bond motifs is 1. The normalized spacial score (nSPS) is 23.6. The third-order valence-electron chi connectivity index (χ3n) is 3.37. The zero-order valence-electron chi connectivity index (χ0n) is 10.3. The summed E-state index contributed by atoms with van der Waals surface area (Å²) in [4.78, 5) is 16.6. The van der Waals surface area contributed by atoms with Crippen molar-refractivity contribution >= 4 is 16.7 Å². The molecule has 2 atom stereocenters. The molecule has 96 valence electrons. The van der Waals surface area contributed by atoms with Crippen LogP contribution in [0.5, 0.6) is 0 Å². The van der Waals surface area contributed by atoms with Gasteiger partial charge in [-0.15, -0.1) is 0 Å². The van der Waals surface area contributed by atoms with Gasteiger partial charge in [-0.2, -0.15) is 0 Å². The van der Waals surface area contributed by atoms with Crippen molar-refractivity contribution in [1.29, 1.82) is 0 Å². The van der Waals surface area contributed by atoms with Gasteiger partial charge in [0.1, 0.15) is 0 Å².